The van der Waals surface area contributed by atoms with Crippen LogP contribution in [0.1, 0.15) is 22.9 Å². The Hall–Kier alpha value is -2.83. The second kappa shape index (κ2) is 7.06. The molecule has 4 rings (SSSR count). The first-order valence-corrected chi connectivity index (χ1v) is 9.40. The number of aryl methyl sites for hydroxylation is 1. The number of hydrogen-bond donors (Lipinski definition) is 2. The molecule has 3 aromatic rings. The SMILES string of the molecule is CC1=CC(O)Oc2cc(NC(=O)OCc3cc4cc(C)ccc4s3)ccc21. The van der Waals surface area contributed by atoms with E-state index in [1.807, 2.05) is 19.1 Å². The molecule has 2 aromatic carbocycles. The number of allylic oxidation sites excluding steroid dienone is 1. The summed E-state index contributed by atoms with van der Waals surface area (Å²) < 4.78 is 11.9. The third kappa shape index (κ3) is 3.82. The number of aliphatic hydroxyl groups is 1. The Morgan fingerprint density at radius 1 is 1.22 bits per heavy atom. The summed E-state index contributed by atoms with van der Waals surface area (Å²) in [5.41, 5.74) is 3.57. The van der Waals surface area contributed by atoms with Gasteiger partial charge in [0.15, 0.2) is 0 Å². The molecule has 1 aliphatic heterocycles. The highest BCUT2D eigenvalue weighted by molar-refractivity contribution is 7.19. The van der Waals surface area contributed by atoms with Gasteiger partial charge in [-0.25, -0.2) is 4.79 Å². The normalized spacial score (nSPS) is 15.7. The molecule has 6 heteroatoms. The number of ether oxygens (including phenoxy) is 2. The van der Waals surface area contributed by atoms with Crippen molar-refractivity contribution in [2.75, 3.05) is 5.32 Å². The van der Waals surface area contributed by atoms with Gasteiger partial charge in [-0.05, 0) is 55.1 Å². The van der Waals surface area contributed by atoms with Gasteiger partial charge in [-0.3, -0.25) is 5.32 Å². The Morgan fingerprint density at radius 3 is 2.93 bits per heavy atom. The molecule has 5 nitrogen and oxygen atoms in total. The third-order valence-corrected chi connectivity index (χ3v) is 5.45. The van der Waals surface area contributed by atoms with E-state index in [0.29, 0.717) is 11.4 Å². The van der Waals surface area contributed by atoms with Gasteiger partial charge in [-0.1, -0.05) is 17.7 Å². The fourth-order valence-electron chi connectivity index (χ4n) is 3.07. The molecule has 1 atom stereocenters. The zero-order chi connectivity index (χ0) is 19.0. The van der Waals surface area contributed by atoms with Crippen molar-refractivity contribution in [1.82, 2.24) is 0 Å². The number of amides is 1. The van der Waals surface area contributed by atoms with Crippen LogP contribution in [0.3, 0.4) is 0 Å². The van der Waals surface area contributed by atoms with Crippen LogP contribution in [-0.2, 0) is 11.3 Å². The van der Waals surface area contributed by atoms with Crippen LogP contribution in [0.25, 0.3) is 15.7 Å². The van der Waals surface area contributed by atoms with E-state index in [-0.39, 0.29) is 6.61 Å². The zero-order valence-corrected chi connectivity index (χ0v) is 15.8. The maximum absolute atomic E-state index is 12.1. The van der Waals surface area contributed by atoms with Gasteiger partial charge in [-0.15, -0.1) is 11.3 Å². The fraction of sp³-hybridized carbons (Fsp3) is 0.190. The van der Waals surface area contributed by atoms with Crippen LogP contribution in [0, 0.1) is 6.92 Å². The molecule has 2 N–H and O–H groups in total. The Morgan fingerprint density at radius 2 is 2.07 bits per heavy atom. The van der Waals surface area contributed by atoms with Crippen LogP contribution in [0.4, 0.5) is 10.5 Å². The lowest BCUT2D eigenvalue weighted by molar-refractivity contribution is 0.0225. The van der Waals surface area contributed by atoms with Crippen molar-refractivity contribution >= 4 is 38.8 Å². The number of carbonyl (C=O) groups excluding carboxylic acids is 1. The predicted octanol–water partition coefficient (Wildman–Crippen LogP) is 5.07. The van der Waals surface area contributed by atoms with Crippen LogP contribution >= 0.6 is 11.3 Å². The van der Waals surface area contributed by atoms with Gasteiger partial charge in [0.1, 0.15) is 12.4 Å². The predicted molar refractivity (Wildman–Crippen MR) is 107 cm³/mol. The molecule has 27 heavy (non-hydrogen) atoms. The Balaban J connectivity index is 1.40. The lowest BCUT2D eigenvalue weighted by Crippen LogP contribution is -2.18. The molecule has 1 unspecified atom stereocenters. The molecule has 0 bridgehead atoms. The van der Waals surface area contributed by atoms with E-state index in [0.717, 1.165) is 21.4 Å². The van der Waals surface area contributed by atoms with Crippen molar-refractivity contribution in [3.8, 4) is 5.75 Å². The lowest BCUT2D eigenvalue weighted by atomic mass is 10.0. The van der Waals surface area contributed by atoms with Crippen molar-refractivity contribution in [2.24, 2.45) is 0 Å². The molecule has 0 aliphatic carbocycles. The van der Waals surface area contributed by atoms with Gasteiger partial charge in [0.05, 0.1) is 0 Å². The van der Waals surface area contributed by atoms with Crippen molar-refractivity contribution in [1.29, 1.82) is 0 Å². The van der Waals surface area contributed by atoms with Crippen molar-refractivity contribution in [3.63, 3.8) is 0 Å². The highest BCUT2D eigenvalue weighted by Crippen LogP contribution is 2.33. The van der Waals surface area contributed by atoms with E-state index in [4.69, 9.17) is 9.47 Å². The fourth-order valence-corrected chi connectivity index (χ4v) is 4.03. The minimum absolute atomic E-state index is 0.215. The van der Waals surface area contributed by atoms with Crippen LogP contribution in [0.5, 0.6) is 5.75 Å². The number of thiophene rings is 1. The van der Waals surface area contributed by atoms with Gasteiger partial charge in [0, 0.05) is 26.9 Å². The molecule has 1 aromatic heterocycles. The van der Waals surface area contributed by atoms with Gasteiger partial charge < -0.3 is 14.6 Å². The molecule has 2 heterocycles. The van der Waals surface area contributed by atoms with Gasteiger partial charge in [0.2, 0.25) is 6.29 Å². The first-order valence-electron chi connectivity index (χ1n) is 8.58. The first-order chi connectivity index (χ1) is 13.0. The lowest BCUT2D eigenvalue weighted by Gasteiger charge is -2.21. The summed E-state index contributed by atoms with van der Waals surface area (Å²) in [5, 5.41) is 13.5. The second-order valence-electron chi connectivity index (χ2n) is 6.52. The summed E-state index contributed by atoms with van der Waals surface area (Å²) in [7, 11) is 0. The van der Waals surface area contributed by atoms with E-state index in [1.165, 1.54) is 10.3 Å². The highest BCUT2D eigenvalue weighted by atomic mass is 32.1. The van der Waals surface area contributed by atoms with E-state index in [9.17, 15) is 9.90 Å². The maximum atomic E-state index is 12.1. The summed E-state index contributed by atoms with van der Waals surface area (Å²) in [6, 6.07) is 13.6. The molecule has 1 amide bonds. The molecular weight excluding hydrogens is 362 g/mol. The third-order valence-electron chi connectivity index (χ3n) is 4.36. The maximum Gasteiger partial charge on any atom is 0.411 e. The average Bonchev–Trinajstić information content (AvgIpc) is 3.01. The molecule has 0 radical (unpaired) electrons. The van der Waals surface area contributed by atoms with Gasteiger partial charge in [-0.2, -0.15) is 0 Å². The smallest absolute Gasteiger partial charge is 0.411 e. The van der Waals surface area contributed by atoms with E-state index >= 15 is 0 Å². The molecular formula is C21H19NO4S. The van der Waals surface area contributed by atoms with E-state index in [2.05, 4.69) is 30.4 Å². The standard InChI is InChI=1S/C21H19NO4S/c1-12-3-6-19-14(7-12)9-16(27-19)11-25-21(24)22-15-4-5-17-13(2)8-20(23)26-18(17)10-15/h3-10,20,23H,11H2,1-2H3,(H,22,24). The van der Waals surface area contributed by atoms with Crippen LogP contribution in [-0.4, -0.2) is 17.5 Å². The number of aliphatic hydroxyl groups excluding tert-OH is 1. The molecule has 0 fully saturated rings. The number of anilines is 1. The highest BCUT2D eigenvalue weighted by Gasteiger charge is 2.17. The number of nitrogens with one attached hydrogen (secondary N) is 1. The molecule has 138 valence electrons. The average molecular weight is 381 g/mol. The number of benzene rings is 2. The van der Waals surface area contributed by atoms with Gasteiger partial charge in [0.25, 0.3) is 0 Å². The molecule has 0 saturated heterocycles. The number of hydrogen-bond acceptors (Lipinski definition) is 5. The number of fused-ring (bicyclic) bond motifs is 2. The molecule has 0 spiro atoms. The zero-order valence-electron chi connectivity index (χ0n) is 15.0. The number of rotatable bonds is 3. The summed E-state index contributed by atoms with van der Waals surface area (Å²) in [5.74, 6) is 0.528. The van der Waals surface area contributed by atoms with Crippen molar-refractivity contribution in [3.05, 3.63) is 64.5 Å². The Kier molecular flexibility index (Phi) is 4.59. The van der Waals surface area contributed by atoms with E-state index < -0.39 is 12.4 Å². The molecule has 1 aliphatic rings. The van der Waals surface area contributed by atoms with Crippen LogP contribution in [0.2, 0.25) is 0 Å². The Bertz CT molecular complexity index is 1050. The largest absolute Gasteiger partial charge is 0.461 e. The van der Waals surface area contributed by atoms with Gasteiger partial charge >= 0.3 is 6.09 Å². The summed E-state index contributed by atoms with van der Waals surface area (Å²) in [4.78, 5) is 13.1. The topological polar surface area (TPSA) is 67.8 Å². The summed E-state index contributed by atoms with van der Waals surface area (Å²) >= 11 is 1.61. The minimum Gasteiger partial charge on any atom is -0.461 e. The van der Waals surface area contributed by atoms with Crippen molar-refractivity contribution in [2.45, 2.75) is 26.7 Å². The summed E-state index contributed by atoms with van der Waals surface area (Å²) in [6.45, 7) is 4.17. The monoisotopic (exact) mass is 381 g/mol. The van der Waals surface area contributed by atoms with Crippen LogP contribution < -0.4 is 10.1 Å². The Labute approximate surface area is 160 Å². The quantitative estimate of drug-likeness (QED) is 0.664. The summed E-state index contributed by atoms with van der Waals surface area (Å²) in [6.07, 6.45) is 0.124. The first kappa shape index (κ1) is 17.6. The second-order valence-corrected chi connectivity index (χ2v) is 7.69. The number of carbonyl (C=O) groups is 1. The minimum atomic E-state index is -0.976. The van der Waals surface area contributed by atoms with Crippen molar-refractivity contribution < 1.29 is 19.4 Å². The molecule has 0 saturated carbocycles. The van der Waals surface area contributed by atoms with Crippen LogP contribution in [0.15, 0.2) is 48.5 Å². The van der Waals surface area contributed by atoms with E-state index in [1.54, 1.807) is 29.5 Å².